The van der Waals surface area contributed by atoms with Crippen LogP contribution in [0.2, 0.25) is 0 Å². The van der Waals surface area contributed by atoms with Crippen LogP contribution in [0.3, 0.4) is 0 Å². The predicted molar refractivity (Wildman–Crippen MR) is 97.1 cm³/mol. The third-order valence-electron chi connectivity index (χ3n) is 3.00. The minimum absolute atomic E-state index is 0.00682. The molecule has 0 unspecified atom stereocenters. The average Bonchev–Trinajstić information content (AvgIpc) is 3.06. The van der Waals surface area contributed by atoms with Crippen molar-refractivity contribution >= 4 is 45.8 Å². The van der Waals surface area contributed by atoms with Gasteiger partial charge in [0, 0.05) is 24.3 Å². The van der Waals surface area contributed by atoms with Gasteiger partial charge in [0.1, 0.15) is 0 Å². The standard InChI is InChI=1S/C15H16N4O5S2/c1-2-24-13(21)7-6-12(20)16-14-17-18-15(26-14)25-9-10-4-3-5-11(8-10)19(22)23/h3-5,8H,2,6-7,9H2,1H3,(H,16,17,20). The smallest absolute Gasteiger partial charge is 0.306 e. The number of hydrogen-bond donors (Lipinski definition) is 1. The van der Waals surface area contributed by atoms with Gasteiger partial charge in [0.2, 0.25) is 11.0 Å². The molecule has 0 aliphatic rings. The second kappa shape index (κ2) is 9.82. The first-order valence-electron chi connectivity index (χ1n) is 7.63. The second-order valence-electron chi connectivity index (χ2n) is 4.94. The van der Waals surface area contributed by atoms with Crippen molar-refractivity contribution in [2.45, 2.75) is 29.9 Å². The highest BCUT2D eigenvalue weighted by Gasteiger charge is 2.12. The molecular weight excluding hydrogens is 380 g/mol. The Morgan fingerprint density at radius 2 is 2.15 bits per heavy atom. The fraction of sp³-hybridized carbons (Fsp3) is 0.333. The molecule has 1 aromatic heterocycles. The maximum Gasteiger partial charge on any atom is 0.306 e. The highest BCUT2D eigenvalue weighted by molar-refractivity contribution is 8.00. The van der Waals surface area contributed by atoms with Gasteiger partial charge >= 0.3 is 5.97 Å². The normalized spacial score (nSPS) is 10.3. The van der Waals surface area contributed by atoms with Gasteiger partial charge in [0.05, 0.1) is 18.0 Å². The van der Waals surface area contributed by atoms with Gasteiger partial charge in [-0.2, -0.15) is 0 Å². The fourth-order valence-corrected chi connectivity index (χ4v) is 3.57. The lowest BCUT2D eigenvalue weighted by atomic mass is 10.2. The van der Waals surface area contributed by atoms with Crippen LogP contribution in [0, 0.1) is 10.1 Å². The van der Waals surface area contributed by atoms with Gasteiger partial charge in [0.25, 0.3) is 5.69 Å². The van der Waals surface area contributed by atoms with Crippen LogP contribution in [0.25, 0.3) is 0 Å². The number of nitrogens with one attached hydrogen (secondary N) is 1. The van der Waals surface area contributed by atoms with E-state index < -0.39 is 10.9 Å². The number of carbonyl (C=O) groups excluding carboxylic acids is 2. The number of benzene rings is 1. The number of anilines is 1. The summed E-state index contributed by atoms with van der Waals surface area (Å²) in [5.74, 6) is -0.273. The SMILES string of the molecule is CCOC(=O)CCC(=O)Nc1nnc(SCc2cccc([N+](=O)[O-])c2)s1. The monoisotopic (exact) mass is 396 g/mol. The topological polar surface area (TPSA) is 124 Å². The van der Waals surface area contributed by atoms with Crippen LogP contribution in [0.4, 0.5) is 10.8 Å². The van der Waals surface area contributed by atoms with Gasteiger partial charge < -0.3 is 10.1 Å². The van der Waals surface area contributed by atoms with E-state index in [0.717, 1.165) is 5.56 Å². The van der Waals surface area contributed by atoms with Crippen molar-refractivity contribution < 1.29 is 19.2 Å². The summed E-state index contributed by atoms with van der Waals surface area (Å²) in [5, 5.41) is 21.5. The number of non-ortho nitro benzene ring substituents is 1. The summed E-state index contributed by atoms with van der Waals surface area (Å²) in [7, 11) is 0. The van der Waals surface area contributed by atoms with Crippen molar-refractivity contribution in [1.82, 2.24) is 10.2 Å². The van der Waals surface area contributed by atoms with Crippen LogP contribution in [0.5, 0.6) is 0 Å². The lowest BCUT2D eigenvalue weighted by Crippen LogP contribution is -2.14. The van der Waals surface area contributed by atoms with E-state index in [1.807, 2.05) is 0 Å². The van der Waals surface area contributed by atoms with Crippen LogP contribution >= 0.6 is 23.1 Å². The van der Waals surface area contributed by atoms with Gasteiger partial charge in [-0.3, -0.25) is 19.7 Å². The van der Waals surface area contributed by atoms with Crippen LogP contribution in [0.1, 0.15) is 25.3 Å². The molecule has 2 aromatic rings. The maximum absolute atomic E-state index is 11.8. The maximum atomic E-state index is 11.8. The van der Waals surface area contributed by atoms with E-state index in [4.69, 9.17) is 4.74 Å². The Morgan fingerprint density at radius 1 is 1.35 bits per heavy atom. The molecule has 2 rings (SSSR count). The zero-order valence-electron chi connectivity index (χ0n) is 13.8. The zero-order valence-corrected chi connectivity index (χ0v) is 15.5. The summed E-state index contributed by atoms with van der Waals surface area (Å²) in [5.41, 5.74) is 0.828. The Bertz CT molecular complexity index is 796. The number of nitro groups is 1. The largest absolute Gasteiger partial charge is 0.466 e. The minimum Gasteiger partial charge on any atom is -0.466 e. The van der Waals surface area contributed by atoms with Crippen molar-refractivity contribution in [2.75, 3.05) is 11.9 Å². The quantitative estimate of drug-likeness (QED) is 0.225. The lowest BCUT2D eigenvalue weighted by molar-refractivity contribution is -0.384. The molecule has 0 atom stereocenters. The first-order chi connectivity index (χ1) is 12.5. The number of nitrogens with zero attached hydrogens (tertiary/aromatic N) is 3. The van der Waals surface area contributed by atoms with Gasteiger partial charge in [0.15, 0.2) is 4.34 Å². The van der Waals surface area contributed by atoms with Crippen LogP contribution in [-0.4, -0.2) is 33.6 Å². The number of amides is 1. The molecule has 0 saturated heterocycles. The van der Waals surface area contributed by atoms with Crippen molar-refractivity contribution in [3.8, 4) is 0 Å². The van der Waals surface area contributed by atoms with E-state index in [9.17, 15) is 19.7 Å². The number of nitro benzene ring substituents is 1. The molecule has 1 amide bonds. The summed E-state index contributed by atoms with van der Waals surface area (Å²) < 4.78 is 5.38. The molecule has 0 bridgehead atoms. The van der Waals surface area contributed by atoms with E-state index >= 15 is 0 Å². The summed E-state index contributed by atoms with van der Waals surface area (Å²) >= 11 is 2.56. The summed E-state index contributed by atoms with van der Waals surface area (Å²) in [6.45, 7) is 1.98. The van der Waals surface area contributed by atoms with Crippen molar-refractivity contribution in [3.63, 3.8) is 0 Å². The highest BCUT2D eigenvalue weighted by Crippen LogP contribution is 2.29. The molecule has 1 aromatic carbocycles. The minimum atomic E-state index is -0.441. The van der Waals surface area contributed by atoms with E-state index in [1.54, 1.807) is 19.1 Å². The van der Waals surface area contributed by atoms with Gasteiger partial charge in [-0.15, -0.1) is 10.2 Å². The number of hydrogen-bond acceptors (Lipinski definition) is 9. The molecular formula is C15H16N4O5S2. The van der Waals surface area contributed by atoms with Crippen LogP contribution in [0.15, 0.2) is 28.6 Å². The molecule has 26 heavy (non-hydrogen) atoms. The lowest BCUT2D eigenvalue weighted by Gasteiger charge is -2.01. The molecule has 0 aliphatic heterocycles. The van der Waals surface area contributed by atoms with Crippen molar-refractivity contribution in [3.05, 3.63) is 39.9 Å². The molecule has 11 heteroatoms. The average molecular weight is 396 g/mol. The molecule has 0 spiro atoms. The van der Waals surface area contributed by atoms with Gasteiger partial charge in [-0.25, -0.2) is 0 Å². The molecule has 0 aliphatic carbocycles. The molecule has 1 heterocycles. The van der Waals surface area contributed by atoms with E-state index in [-0.39, 0.29) is 31.0 Å². The number of esters is 1. The predicted octanol–water partition coefficient (Wildman–Crippen LogP) is 3.02. The number of aromatic nitrogens is 2. The van der Waals surface area contributed by atoms with Gasteiger partial charge in [-0.1, -0.05) is 35.2 Å². The van der Waals surface area contributed by atoms with Crippen LogP contribution < -0.4 is 5.32 Å². The van der Waals surface area contributed by atoms with E-state index in [0.29, 0.717) is 15.2 Å². The third kappa shape index (κ3) is 6.41. The Morgan fingerprint density at radius 3 is 2.88 bits per heavy atom. The Kier molecular flexibility index (Phi) is 7.48. The molecule has 138 valence electrons. The highest BCUT2D eigenvalue weighted by atomic mass is 32.2. The Labute approximate surface area is 157 Å². The zero-order chi connectivity index (χ0) is 18.9. The Hall–Kier alpha value is -2.53. The molecule has 9 nitrogen and oxygen atoms in total. The molecule has 1 N–H and O–H groups in total. The van der Waals surface area contributed by atoms with Crippen molar-refractivity contribution in [1.29, 1.82) is 0 Å². The third-order valence-corrected chi connectivity index (χ3v) is 5.04. The molecule has 0 saturated carbocycles. The summed E-state index contributed by atoms with van der Waals surface area (Å²) in [6, 6.07) is 6.36. The summed E-state index contributed by atoms with van der Waals surface area (Å²) in [4.78, 5) is 33.3. The number of rotatable bonds is 9. The first-order valence-corrected chi connectivity index (χ1v) is 9.43. The second-order valence-corrected chi connectivity index (χ2v) is 7.14. The Balaban J connectivity index is 1.82. The van der Waals surface area contributed by atoms with Crippen molar-refractivity contribution in [2.24, 2.45) is 0 Å². The molecule has 0 fully saturated rings. The van der Waals surface area contributed by atoms with E-state index in [2.05, 4.69) is 15.5 Å². The molecule has 0 radical (unpaired) electrons. The fourth-order valence-electron chi connectivity index (χ4n) is 1.85. The van der Waals surface area contributed by atoms with E-state index in [1.165, 1.54) is 35.2 Å². The van der Waals surface area contributed by atoms with Gasteiger partial charge in [-0.05, 0) is 12.5 Å². The first kappa shape index (κ1) is 19.8. The number of ether oxygens (including phenoxy) is 1. The number of thioether (sulfide) groups is 1. The number of carbonyl (C=O) groups is 2. The summed E-state index contributed by atoms with van der Waals surface area (Å²) in [6.07, 6.45) is 0.0153. The van der Waals surface area contributed by atoms with Crippen LogP contribution in [-0.2, 0) is 20.1 Å².